The Labute approximate surface area is 117 Å². The maximum Gasteiger partial charge on any atom is 0.338 e. The fourth-order valence-corrected chi connectivity index (χ4v) is 2.89. The Hall–Kier alpha value is -1.56. The van der Waals surface area contributed by atoms with E-state index in [1.165, 1.54) is 11.3 Å². The third-order valence-corrected chi connectivity index (χ3v) is 4.05. The zero-order valence-electron chi connectivity index (χ0n) is 11.7. The molecule has 1 heterocycles. The van der Waals surface area contributed by atoms with E-state index in [0.717, 1.165) is 17.7 Å². The van der Waals surface area contributed by atoms with Crippen LogP contribution in [0.2, 0.25) is 0 Å². The first-order valence-corrected chi connectivity index (χ1v) is 7.09. The van der Waals surface area contributed by atoms with Gasteiger partial charge < -0.3 is 10.4 Å². The number of carboxylic acids is 1. The molecule has 0 fully saturated rings. The smallest absolute Gasteiger partial charge is 0.338 e. The predicted molar refractivity (Wildman–Crippen MR) is 77.3 cm³/mol. The monoisotopic (exact) mass is 284 g/mol. The van der Waals surface area contributed by atoms with Crippen LogP contribution in [0, 0.1) is 13.8 Å². The molecule has 2 amide bonds. The molecule has 1 unspecified atom stereocenters. The first-order chi connectivity index (χ1) is 8.86. The van der Waals surface area contributed by atoms with Crippen LogP contribution < -0.4 is 10.6 Å². The second-order valence-electron chi connectivity index (χ2n) is 4.58. The first-order valence-electron chi connectivity index (χ1n) is 6.27. The Bertz CT molecular complexity index is 482. The average molecular weight is 284 g/mol. The van der Waals surface area contributed by atoms with Gasteiger partial charge in [-0.3, -0.25) is 5.32 Å². The molecule has 6 heteroatoms. The van der Waals surface area contributed by atoms with Crippen LogP contribution in [0.5, 0.6) is 0 Å². The predicted octanol–water partition coefficient (Wildman–Crippen LogP) is 3.37. The summed E-state index contributed by atoms with van der Waals surface area (Å²) in [4.78, 5) is 23.9. The van der Waals surface area contributed by atoms with Gasteiger partial charge in [-0.05, 0) is 32.8 Å². The molecule has 0 saturated carbocycles. The van der Waals surface area contributed by atoms with Crippen LogP contribution in [0.15, 0.2) is 0 Å². The summed E-state index contributed by atoms with van der Waals surface area (Å²) >= 11 is 1.29. The van der Waals surface area contributed by atoms with Gasteiger partial charge in [-0.1, -0.05) is 13.3 Å². The number of aromatic carboxylic acids is 1. The zero-order chi connectivity index (χ0) is 14.6. The van der Waals surface area contributed by atoms with Crippen molar-refractivity contribution in [1.82, 2.24) is 5.32 Å². The van der Waals surface area contributed by atoms with Crippen molar-refractivity contribution in [3.05, 3.63) is 16.0 Å². The molecule has 19 heavy (non-hydrogen) atoms. The van der Waals surface area contributed by atoms with Crippen molar-refractivity contribution in [2.75, 3.05) is 5.32 Å². The molecular weight excluding hydrogens is 264 g/mol. The third kappa shape index (κ3) is 3.96. The van der Waals surface area contributed by atoms with Gasteiger partial charge in [0.15, 0.2) is 0 Å². The van der Waals surface area contributed by atoms with Crippen molar-refractivity contribution >= 4 is 28.3 Å². The molecule has 0 radical (unpaired) electrons. The highest BCUT2D eigenvalue weighted by molar-refractivity contribution is 7.16. The lowest BCUT2D eigenvalue weighted by atomic mass is 10.1. The minimum absolute atomic E-state index is 0.0698. The molecule has 0 aliphatic heterocycles. The summed E-state index contributed by atoms with van der Waals surface area (Å²) in [6.45, 7) is 7.56. The average Bonchev–Trinajstić information content (AvgIpc) is 2.54. The summed E-state index contributed by atoms with van der Waals surface area (Å²) in [5.74, 6) is -1.02. The van der Waals surface area contributed by atoms with Gasteiger partial charge >= 0.3 is 12.0 Å². The Morgan fingerprint density at radius 3 is 2.53 bits per heavy atom. The van der Waals surface area contributed by atoms with Gasteiger partial charge in [0.05, 0.1) is 5.56 Å². The molecule has 1 aromatic heterocycles. The Morgan fingerprint density at radius 1 is 1.37 bits per heavy atom. The molecular formula is C13H20N2O3S. The maximum absolute atomic E-state index is 11.8. The van der Waals surface area contributed by atoms with Gasteiger partial charge in [0.25, 0.3) is 0 Å². The van der Waals surface area contributed by atoms with Crippen molar-refractivity contribution in [1.29, 1.82) is 0 Å². The number of thiophene rings is 1. The number of hydrogen-bond donors (Lipinski definition) is 3. The minimum Gasteiger partial charge on any atom is -0.478 e. The maximum atomic E-state index is 11.8. The number of rotatable bonds is 5. The molecule has 0 bridgehead atoms. The molecule has 5 nitrogen and oxygen atoms in total. The summed E-state index contributed by atoms with van der Waals surface area (Å²) in [5.41, 5.74) is 0.884. The third-order valence-electron chi connectivity index (χ3n) is 2.93. The summed E-state index contributed by atoms with van der Waals surface area (Å²) in [6.07, 6.45) is 1.88. The number of nitrogens with one attached hydrogen (secondary N) is 2. The first kappa shape index (κ1) is 15.5. The van der Waals surface area contributed by atoms with Gasteiger partial charge in [0, 0.05) is 10.9 Å². The van der Waals surface area contributed by atoms with Crippen molar-refractivity contribution in [2.24, 2.45) is 0 Å². The Balaban J connectivity index is 2.80. The Morgan fingerprint density at radius 2 is 2.00 bits per heavy atom. The molecule has 1 rings (SSSR count). The zero-order valence-corrected chi connectivity index (χ0v) is 12.5. The standard InChI is InChI=1S/C13H20N2O3S/c1-5-6-7(2)14-13(18)15-11-10(12(16)17)8(3)9(4)19-11/h7H,5-6H2,1-4H3,(H,16,17)(H2,14,15,18). The molecule has 0 aliphatic rings. The van der Waals surface area contributed by atoms with Crippen LogP contribution in [0.25, 0.3) is 0 Å². The minimum atomic E-state index is -1.02. The van der Waals surface area contributed by atoms with E-state index >= 15 is 0 Å². The van der Waals surface area contributed by atoms with Crippen molar-refractivity contribution in [2.45, 2.75) is 46.6 Å². The molecule has 3 N–H and O–H groups in total. The van der Waals surface area contributed by atoms with Crippen LogP contribution in [0.1, 0.15) is 47.5 Å². The fraction of sp³-hybridized carbons (Fsp3) is 0.538. The molecule has 0 aliphatic carbocycles. The van der Waals surface area contributed by atoms with E-state index in [-0.39, 0.29) is 17.6 Å². The summed E-state index contributed by atoms with van der Waals surface area (Å²) < 4.78 is 0. The van der Waals surface area contributed by atoms with E-state index in [1.807, 2.05) is 20.8 Å². The van der Waals surface area contributed by atoms with Gasteiger partial charge in [-0.25, -0.2) is 9.59 Å². The number of aryl methyl sites for hydroxylation is 1. The highest BCUT2D eigenvalue weighted by Gasteiger charge is 2.20. The molecule has 106 valence electrons. The highest BCUT2D eigenvalue weighted by Crippen LogP contribution is 2.32. The molecule has 0 spiro atoms. The largest absolute Gasteiger partial charge is 0.478 e. The van der Waals surface area contributed by atoms with Crippen LogP contribution in [0.4, 0.5) is 9.80 Å². The SMILES string of the molecule is CCCC(C)NC(=O)Nc1sc(C)c(C)c1C(=O)O. The van der Waals surface area contributed by atoms with E-state index in [0.29, 0.717) is 10.6 Å². The number of carbonyl (C=O) groups is 2. The number of anilines is 1. The van der Waals surface area contributed by atoms with E-state index in [4.69, 9.17) is 0 Å². The van der Waals surface area contributed by atoms with Crippen molar-refractivity contribution in [3.63, 3.8) is 0 Å². The van der Waals surface area contributed by atoms with Crippen LogP contribution in [0.3, 0.4) is 0 Å². The summed E-state index contributed by atoms with van der Waals surface area (Å²) in [7, 11) is 0. The van der Waals surface area contributed by atoms with E-state index < -0.39 is 5.97 Å². The molecule has 1 atom stereocenters. The summed E-state index contributed by atoms with van der Waals surface area (Å²) in [5, 5.41) is 15.0. The highest BCUT2D eigenvalue weighted by atomic mass is 32.1. The number of amides is 2. The lowest BCUT2D eigenvalue weighted by Crippen LogP contribution is -2.36. The molecule has 0 saturated heterocycles. The fourth-order valence-electron chi connectivity index (χ4n) is 1.84. The van der Waals surface area contributed by atoms with E-state index in [2.05, 4.69) is 10.6 Å². The van der Waals surface area contributed by atoms with Crippen LogP contribution in [-0.4, -0.2) is 23.1 Å². The lowest BCUT2D eigenvalue weighted by Gasteiger charge is -2.13. The quantitative estimate of drug-likeness (QED) is 0.775. The molecule has 1 aromatic rings. The van der Waals surface area contributed by atoms with Crippen LogP contribution in [-0.2, 0) is 0 Å². The number of carbonyl (C=O) groups excluding carboxylic acids is 1. The lowest BCUT2D eigenvalue weighted by molar-refractivity contribution is 0.0697. The summed E-state index contributed by atoms with van der Waals surface area (Å²) in [6, 6.07) is -0.287. The van der Waals surface area contributed by atoms with Crippen molar-refractivity contribution in [3.8, 4) is 0 Å². The number of carboxylic acid groups (broad SMARTS) is 1. The number of urea groups is 1. The van der Waals surface area contributed by atoms with E-state index in [1.54, 1.807) is 6.92 Å². The molecule has 0 aromatic carbocycles. The Kier molecular flexibility index (Phi) is 5.35. The van der Waals surface area contributed by atoms with Gasteiger partial charge in [0.1, 0.15) is 5.00 Å². The normalized spacial score (nSPS) is 12.0. The number of hydrogen-bond acceptors (Lipinski definition) is 3. The van der Waals surface area contributed by atoms with Gasteiger partial charge in [0.2, 0.25) is 0 Å². The topological polar surface area (TPSA) is 78.4 Å². The van der Waals surface area contributed by atoms with Gasteiger partial charge in [-0.15, -0.1) is 11.3 Å². The second-order valence-corrected chi connectivity index (χ2v) is 5.81. The van der Waals surface area contributed by atoms with Crippen molar-refractivity contribution < 1.29 is 14.7 Å². The van der Waals surface area contributed by atoms with Crippen LogP contribution >= 0.6 is 11.3 Å². The van der Waals surface area contributed by atoms with Gasteiger partial charge in [-0.2, -0.15) is 0 Å². The second kappa shape index (κ2) is 6.56. The van der Waals surface area contributed by atoms with E-state index in [9.17, 15) is 14.7 Å².